The number of nitrogen functional groups attached to an aromatic ring is 1. The minimum Gasteiger partial charge on any atom is -0.398 e. The monoisotopic (exact) mass is 348 g/mol. The molecule has 2 rings (SSSR count). The van der Waals surface area contributed by atoms with Crippen molar-refractivity contribution in [3.63, 3.8) is 0 Å². The third-order valence-electron chi connectivity index (χ3n) is 3.51. The Morgan fingerprint density at radius 2 is 1.88 bits per heavy atom. The molecule has 0 aliphatic carbocycles. The topological polar surface area (TPSA) is 105 Å². The molecule has 1 aromatic carbocycles. The molecule has 0 aliphatic heterocycles. The van der Waals surface area contributed by atoms with Crippen molar-refractivity contribution in [3.05, 3.63) is 48.3 Å². The van der Waals surface area contributed by atoms with E-state index in [0.29, 0.717) is 11.3 Å². The molecule has 3 N–H and O–H groups in total. The SMILES string of the molecule is CN(C)S(=O)(=O)CCNC(=O)c1ccc(-c2cnccc2N)cc1. The van der Waals surface area contributed by atoms with Crippen LogP contribution < -0.4 is 11.1 Å². The number of anilines is 1. The van der Waals surface area contributed by atoms with Crippen LogP contribution in [0.1, 0.15) is 10.4 Å². The molecule has 0 fully saturated rings. The second-order valence-corrected chi connectivity index (χ2v) is 7.70. The van der Waals surface area contributed by atoms with Crippen LogP contribution in [0.5, 0.6) is 0 Å². The first-order valence-electron chi connectivity index (χ1n) is 7.29. The Balaban J connectivity index is 2.01. The number of amides is 1. The van der Waals surface area contributed by atoms with Gasteiger partial charge < -0.3 is 11.1 Å². The predicted octanol–water partition coefficient (Wildman–Crippen LogP) is 0.952. The number of carbonyl (C=O) groups is 1. The van der Waals surface area contributed by atoms with Gasteiger partial charge in [0.2, 0.25) is 10.0 Å². The summed E-state index contributed by atoms with van der Waals surface area (Å²) >= 11 is 0. The quantitative estimate of drug-likeness (QED) is 0.809. The molecule has 24 heavy (non-hydrogen) atoms. The molecule has 1 aromatic heterocycles. The van der Waals surface area contributed by atoms with Gasteiger partial charge in [0.05, 0.1) is 5.75 Å². The summed E-state index contributed by atoms with van der Waals surface area (Å²) in [6.45, 7) is 0.0522. The van der Waals surface area contributed by atoms with E-state index in [4.69, 9.17) is 5.73 Å². The van der Waals surface area contributed by atoms with Crippen molar-refractivity contribution < 1.29 is 13.2 Å². The van der Waals surface area contributed by atoms with Crippen LogP contribution >= 0.6 is 0 Å². The summed E-state index contributed by atoms with van der Waals surface area (Å²) in [4.78, 5) is 16.1. The number of nitrogens with two attached hydrogens (primary N) is 1. The standard InChI is InChI=1S/C16H20N4O3S/c1-20(2)24(22,23)10-9-19-16(21)13-5-3-12(4-6-13)14-11-18-8-7-15(14)17/h3-8,11H,9-10H2,1-2H3,(H2,17,18)(H,19,21). The summed E-state index contributed by atoms with van der Waals surface area (Å²) in [6, 6.07) is 8.59. The van der Waals surface area contributed by atoms with Crippen molar-refractivity contribution in [1.29, 1.82) is 0 Å². The second-order valence-electron chi connectivity index (χ2n) is 5.39. The second kappa shape index (κ2) is 7.41. The molecule has 0 atom stereocenters. The van der Waals surface area contributed by atoms with E-state index in [0.717, 1.165) is 15.4 Å². The first-order valence-corrected chi connectivity index (χ1v) is 8.90. The molecular formula is C16H20N4O3S. The number of pyridine rings is 1. The first-order chi connectivity index (χ1) is 11.3. The zero-order chi connectivity index (χ0) is 17.7. The lowest BCUT2D eigenvalue weighted by Gasteiger charge is -2.11. The third-order valence-corrected chi connectivity index (χ3v) is 5.35. The number of sulfonamides is 1. The van der Waals surface area contributed by atoms with Crippen LogP contribution in [0.3, 0.4) is 0 Å². The van der Waals surface area contributed by atoms with Gasteiger partial charge in [-0.25, -0.2) is 12.7 Å². The molecular weight excluding hydrogens is 328 g/mol. The molecule has 128 valence electrons. The Morgan fingerprint density at radius 3 is 2.46 bits per heavy atom. The minimum absolute atomic E-state index is 0.0522. The molecule has 2 aromatic rings. The van der Waals surface area contributed by atoms with Gasteiger partial charge in [-0.2, -0.15) is 0 Å². The summed E-state index contributed by atoms with van der Waals surface area (Å²) in [6.07, 6.45) is 3.28. The van der Waals surface area contributed by atoms with Crippen molar-refractivity contribution in [2.75, 3.05) is 32.1 Å². The molecule has 0 radical (unpaired) electrons. The highest BCUT2D eigenvalue weighted by atomic mass is 32.2. The number of hydrogen-bond donors (Lipinski definition) is 2. The first kappa shape index (κ1) is 17.9. The number of hydrogen-bond acceptors (Lipinski definition) is 5. The molecule has 7 nitrogen and oxygen atoms in total. The maximum absolute atomic E-state index is 12.1. The van der Waals surface area contributed by atoms with E-state index in [1.165, 1.54) is 14.1 Å². The van der Waals surface area contributed by atoms with Gasteiger partial charge in [0, 0.05) is 49.8 Å². The van der Waals surface area contributed by atoms with Crippen LogP contribution in [0, 0.1) is 0 Å². The molecule has 1 heterocycles. The van der Waals surface area contributed by atoms with Crippen LogP contribution in [0.25, 0.3) is 11.1 Å². The zero-order valence-electron chi connectivity index (χ0n) is 13.6. The van der Waals surface area contributed by atoms with E-state index in [-0.39, 0.29) is 18.2 Å². The van der Waals surface area contributed by atoms with Gasteiger partial charge in [-0.3, -0.25) is 9.78 Å². The van der Waals surface area contributed by atoms with Gasteiger partial charge in [-0.05, 0) is 23.8 Å². The van der Waals surface area contributed by atoms with Crippen molar-refractivity contribution in [2.24, 2.45) is 0 Å². The van der Waals surface area contributed by atoms with E-state index in [9.17, 15) is 13.2 Å². The lowest BCUT2D eigenvalue weighted by Crippen LogP contribution is -2.33. The average molecular weight is 348 g/mol. The molecule has 8 heteroatoms. The van der Waals surface area contributed by atoms with E-state index in [1.54, 1.807) is 42.7 Å². The van der Waals surface area contributed by atoms with E-state index in [2.05, 4.69) is 10.3 Å². The van der Waals surface area contributed by atoms with Gasteiger partial charge in [-0.15, -0.1) is 0 Å². The average Bonchev–Trinajstić information content (AvgIpc) is 2.55. The van der Waals surface area contributed by atoms with Gasteiger partial charge in [0.1, 0.15) is 0 Å². The van der Waals surface area contributed by atoms with Crippen molar-refractivity contribution in [2.45, 2.75) is 0 Å². The Hall–Kier alpha value is -2.45. The summed E-state index contributed by atoms with van der Waals surface area (Å²) in [7, 11) is -0.409. The van der Waals surface area contributed by atoms with Gasteiger partial charge >= 0.3 is 0 Å². The Labute approximate surface area is 141 Å². The number of nitrogens with zero attached hydrogens (tertiary/aromatic N) is 2. The predicted molar refractivity (Wildman–Crippen MR) is 93.9 cm³/mol. The lowest BCUT2D eigenvalue weighted by molar-refractivity contribution is 0.0956. The Bertz CT molecular complexity index is 817. The van der Waals surface area contributed by atoms with E-state index < -0.39 is 10.0 Å². The van der Waals surface area contributed by atoms with Gasteiger partial charge in [0.25, 0.3) is 5.91 Å². The summed E-state index contributed by atoms with van der Waals surface area (Å²) in [5.74, 6) is -0.467. The summed E-state index contributed by atoms with van der Waals surface area (Å²) in [5.41, 5.74) is 8.60. The molecule has 0 bridgehead atoms. The maximum atomic E-state index is 12.1. The molecule has 1 amide bonds. The number of benzene rings is 1. The molecule has 0 saturated carbocycles. The molecule has 0 aliphatic rings. The Kier molecular flexibility index (Phi) is 5.53. The fraction of sp³-hybridized carbons (Fsp3) is 0.250. The zero-order valence-corrected chi connectivity index (χ0v) is 14.4. The van der Waals surface area contributed by atoms with Crippen LogP contribution in [0.15, 0.2) is 42.7 Å². The van der Waals surface area contributed by atoms with Crippen LogP contribution in [-0.4, -0.2) is 50.0 Å². The number of aromatic nitrogens is 1. The third kappa shape index (κ3) is 4.30. The normalized spacial score (nSPS) is 11.5. The van der Waals surface area contributed by atoms with E-state index >= 15 is 0 Å². The highest BCUT2D eigenvalue weighted by Gasteiger charge is 2.14. The van der Waals surface area contributed by atoms with Gasteiger partial charge in [-0.1, -0.05) is 12.1 Å². The highest BCUT2D eigenvalue weighted by molar-refractivity contribution is 7.89. The minimum atomic E-state index is -3.33. The number of nitrogens with one attached hydrogen (secondary N) is 1. The maximum Gasteiger partial charge on any atom is 0.251 e. The summed E-state index contributed by atoms with van der Waals surface area (Å²) in [5, 5.41) is 2.60. The van der Waals surface area contributed by atoms with Crippen molar-refractivity contribution in [1.82, 2.24) is 14.6 Å². The van der Waals surface area contributed by atoms with Crippen molar-refractivity contribution in [3.8, 4) is 11.1 Å². The number of carbonyl (C=O) groups excluding carboxylic acids is 1. The highest BCUT2D eigenvalue weighted by Crippen LogP contribution is 2.24. The summed E-state index contributed by atoms with van der Waals surface area (Å²) < 4.78 is 24.4. The van der Waals surface area contributed by atoms with Gasteiger partial charge in [0.15, 0.2) is 0 Å². The Morgan fingerprint density at radius 1 is 1.21 bits per heavy atom. The van der Waals surface area contributed by atoms with E-state index in [1.807, 2.05) is 0 Å². The fourth-order valence-electron chi connectivity index (χ4n) is 2.03. The smallest absolute Gasteiger partial charge is 0.251 e. The molecule has 0 spiro atoms. The van der Waals surface area contributed by atoms with Crippen molar-refractivity contribution >= 4 is 21.6 Å². The van der Waals surface area contributed by atoms with Crippen LogP contribution in [0.2, 0.25) is 0 Å². The molecule has 0 saturated heterocycles. The molecule has 0 unspecified atom stereocenters. The van der Waals surface area contributed by atoms with Crippen LogP contribution in [-0.2, 0) is 10.0 Å². The largest absolute Gasteiger partial charge is 0.398 e. The number of rotatable bonds is 6. The fourth-order valence-corrected chi connectivity index (χ4v) is 2.75. The lowest BCUT2D eigenvalue weighted by atomic mass is 10.0. The van der Waals surface area contributed by atoms with Crippen LogP contribution in [0.4, 0.5) is 5.69 Å².